The number of carbonyl (C=O) groups is 1. The molecule has 23 heavy (non-hydrogen) atoms. The number of aryl methyl sites for hydroxylation is 1. The zero-order valence-corrected chi connectivity index (χ0v) is 12.9. The van der Waals surface area contributed by atoms with E-state index in [1.807, 2.05) is 6.92 Å². The van der Waals surface area contributed by atoms with Crippen LogP contribution in [0, 0.1) is 6.92 Å². The zero-order valence-electron chi connectivity index (χ0n) is 12.2. The van der Waals surface area contributed by atoms with Crippen LogP contribution in [-0.2, 0) is 11.0 Å². The van der Waals surface area contributed by atoms with Crippen LogP contribution in [0.3, 0.4) is 0 Å². The monoisotopic (exact) mass is 342 g/mol. The van der Waals surface area contributed by atoms with Crippen molar-refractivity contribution in [3.63, 3.8) is 0 Å². The third-order valence-electron chi connectivity index (χ3n) is 3.11. The topological polar surface area (TPSA) is 41.1 Å². The van der Waals surface area contributed by atoms with Crippen molar-refractivity contribution >= 4 is 28.9 Å². The number of hydrogen-bond acceptors (Lipinski definition) is 2. The fourth-order valence-electron chi connectivity index (χ4n) is 1.94. The lowest BCUT2D eigenvalue weighted by Gasteiger charge is -2.12. The number of halogens is 4. The van der Waals surface area contributed by atoms with Gasteiger partial charge in [0.2, 0.25) is 5.91 Å². The van der Waals surface area contributed by atoms with E-state index >= 15 is 0 Å². The third-order valence-corrected chi connectivity index (χ3v) is 3.35. The Bertz CT molecular complexity index is 717. The minimum absolute atomic E-state index is 0.0859. The first-order chi connectivity index (χ1) is 10.8. The molecule has 2 aromatic rings. The van der Waals surface area contributed by atoms with Crippen LogP contribution >= 0.6 is 11.6 Å². The van der Waals surface area contributed by atoms with Crippen LogP contribution in [-0.4, -0.2) is 12.5 Å². The number of alkyl halides is 3. The van der Waals surface area contributed by atoms with E-state index in [-0.39, 0.29) is 12.2 Å². The smallest absolute Gasteiger partial charge is 0.376 e. The fraction of sp³-hybridized carbons (Fsp3) is 0.188. The molecule has 2 rings (SSSR count). The number of anilines is 2. The van der Waals surface area contributed by atoms with Gasteiger partial charge in [-0.3, -0.25) is 4.79 Å². The normalized spacial score (nSPS) is 11.2. The molecule has 0 saturated heterocycles. The van der Waals surface area contributed by atoms with Crippen molar-refractivity contribution in [2.24, 2.45) is 0 Å². The number of carbonyl (C=O) groups excluding carboxylic acids is 1. The van der Waals surface area contributed by atoms with Crippen molar-refractivity contribution in [1.82, 2.24) is 0 Å². The first kappa shape index (κ1) is 17.1. The summed E-state index contributed by atoms with van der Waals surface area (Å²) in [6, 6.07) is 9.69. The summed E-state index contributed by atoms with van der Waals surface area (Å²) in [7, 11) is 0. The second-order valence-electron chi connectivity index (χ2n) is 4.94. The van der Waals surface area contributed by atoms with Gasteiger partial charge in [0.05, 0.1) is 12.1 Å². The first-order valence-corrected chi connectivity index (χ1v) is 7.10. The predicted octanol–water partition coefficient (Wildman–Crippen LogP) is 4.72. The van der Waals surface area contributed by atoms with Crippen LogP contribution in [0.2, 0.25) is 5.02 Å². The van der Waals surface area contributed by atoms with Crippen molar-refractivity contribution in [3.05, 3.63) is 58.6 Å². The Morgan fingerprint density at radius 1 is 1.17 bits per heavy atom. The minimum Gasteiger partial charge on any atom is -0.376 e. The molecule has 0 saturated carbocycles. The van der Waals surface area contributed by atoms with Gasteiger partial charge in [-0.25, -0.2) is 0 Å². The molecule has 0 aliphatic carbocycles. The molecule has 0 atom stereocenters. The Labute approximate surface area is 136 Å². The summed E-state index contributed by atoms with van der Waals surface area (Å²) < 4.78 is 37.9. The molecule has 0 bridgehead atoms. The zero-order chi connectivity index (χ0) is 17.0. The molecule has 122 valence electrons. The van der Waals surface area contributed by atoms with Crippen LogP contribution in [0.5, 0.6) is 0 Å². The molecule has 0 radical (unpaired) electrons. The van der Waals surface area contributed by atoms with Gasteiger partial charge in [0.25, 0.3) is 0 Å². The van der Waals surface area contributed by atoms with Crippen molar-refractivity contribution < 1.29 is 18.0 Å². The number of amides is 1. The first-order valence-electron chi connectivity index (χ1n) is 6.73. The Kier molecular flexibility index (Phi) is 5.15. The molecular formula is C16H14ClF3N2O. The van der Waals surface area contributed by atoms with Crippen LogP contribution < -0.4 is 10.6 Å². The highest BCUT2D eigenvalue weighted by molar-refractivity contribution is 6.30. The molecule has 3 nitrogen and oxygen atoms in total. The summed E-state index contributed by atoms with van der Waals surface area (Å²) in [6.45, 7) is 1.76. The Balaban J connectivity index is 1.99. The quantitative estimate of drug-likeness (QED) is 0.844. The molecule has 1 amide bonds. The summed E-state index contributed by atoms with van der Waals surface area (Å²) in [5.41, 5.74) is 0.876. The molecule has 0 heterocycles. The summed E-state index contributed by atoms with van der Waals surface area (Å²) in [4.78, 5) is 11.9. The number of nitrogens with one attached hydrogen (secondary N) is 2. The van der Waals surface area contributed by atoms with Gasteiger partial charge in [-0.05, 0) is 42.8 Å². The van der Waals surface area contributed by atoms with E-state index in [0.29, 0.717) is 10.7 Å². The van der Waals surface area contributed by atoms with Crippen molar-refractivity contribution in [2.45, 2.75) is 13.1 Å². The van der Waals surface area contributed by atoms with Gasteiger partial charge >= 0.3 is 6.18 Å². The Morgan fingerprint density at radius 2 is 1.91 bits per heavy atom. The minimum atomic E-state index is -4.45. The average molecular weight is 343 g/mol. The second kappa shape index (κ2) is 6.91. The lowest BCUT2D eigenvalue weighted by atomic mass is 10.2. The highest BCUT2D eigenvalue weighted by Crippen LogP contribution is 2.30. The third kappa shape index (κ3) is 4.89. The Morgan fingerprint density at radius 3 is 2.61 bits per heavy atom. The molecule has 2 N–H and O–H groups in total. The van der Waals surface area contributed by atoms with Crippen LogP contribution in [0.25, 0.3) is 0 Å². The van der Waals surface area contributed by atoms with Crippen molar-refractivity contribution in [1.29, 1.82) is 0 Å². The molecule has 0 fully saturated rings. The van der Waals surface area contributed by atoms with Gasteiger partial charge in [-0.2, -0.15) is 13.2 Å². The molecule has 7 heteroatoms. The van der Waals surface area contributed by atoms with E-state index in [4.69, 9.17) is 11.6 Å². The molecule has 2 aromatic carbocycles. The van der Waals surface area contributed by atoms with Gasteiger partial charge in [0.15, 0.2) is 0 Å². The maximum atomic E-state index is 12.6. The van der Waals surface area contributed by atoms with Crippen molar-refractivity contribution in [2.75, 3.05) is 17.2 Å². The predicted molar refractivity (Wildman–Crippen MR) is 84.8 cm³/mol. The van der Waals surface area contributed by atoms with E-state index < -0.39 is 17.6 Å². The lowest BCUT2D eigenvalue weighted by Crippen LogP contribution is -2.22. The number of benzene rings is 2. The van der Waals surface area contributed by atoms with Gasteiger partial charge in [0, 0.05) is 16.4 Å². The van der Waals surface area contributed by atoms with Gasteiger partial charge < -0.3 is 10.6 Å². The highest BCUT2D eigenvalue weighted by Gasteiger charge is 2.30. The summed E-state index contributed by atoms with van der Waals surface area (Å²) in [5, 5.41) is 5.85. The number of hydrogen-bond donors (Lipinski definition) is 2. The van der Waals surface area contributed by atoms with Gasteiger partial charge in [-0.15, -0.1) is 0 Å². The molecule has 0 aromatic heterocycles. The van der Waals surface area contributed by atoms with Crippen LogP contribution in [0.4, 0.5) is 24.5 Å². The SMILES string of the molecule is Cc1ccc(Cl)cc1NCC(=O)Nc1cccc(C(F)(F)F)c1. The molecule has 0 unspecified atom stereocenters. The maximum absolute atomic E-state index is 12.6. The van der Waals surface area contributed by atoms with Gasteiger partial charge in [-0.1, -0.05) is 23.7 Å². The highest BCUT2D eigenvalue weighted by atomic mass is 35.5. The molecular weight excluding hydrogens is 329 g/mol. The van der Waals surface area contributed by atoms with Gasteiger partial charge in [0.1, 0.15) is 0 Å². The van der Waals surface area contributed by atoms with Crippen LogP contribution in [0.15, 0.2) is 42.5 Å². The van der Waals surface area contributed by atoms with E-state index in [1.165, 1.54) is 12.1 Å². The van der Waals surface area contributed by atoms with Crippen molar-refractivity contribution in [3.8, 4) is 0 Å². The fourth-order valence-corrected chi connectivity index (χ4v) is 2.11. The van der Waals surface area contributed by atoms with E-state index in [0.717, 1.165) is 17.7 Å². The average Bonchev–Trinajstić information content (AvgIpc) is 2.47. The summed E-state index contributed by atoms with van der Waals surface area (Å²) in [5.74, 6) is -0.455. The van der Waals surface area contributed by atoms with E-state index in [2.05, 4.69) is 10.6 Å². The lowest BCUT2D eigenvalue weighted by molar-refractivity contribution is -0.137. The Hall–Kier alpha value is -2.21. The second-order valence-corrected chi connectivity index (χ2v) is 5.38. The summed E-state index contributed by atoms with van der Waals surface area (Å²) >= 11 is 5.87. The van der Waals surface area contributed by atoms with Crippen LogP contribution in [0.1, 0.15) is 11.1 Å². The molecule has 0 aliphatic heterocycles. The largest absolute Gasteiger partial charge is 0.416 e. The van der Waals surface area contributed by atoms with E-state index in [1.54, 1.807) is 18.2 Å². The standard InChI is InChI=1S/C16H14ClF3N2O/c1-10-5-6-12(17)8-14(10)21-9-15(23)22-13-4-2-3-11(7-13)16(18,19)20/h2-8,21H,9H2,1H3,(H,22,23). The molecule has 0 spiro atoms. The number of rotatable bonds is 4. The summed E-state index contributed by atoms with van der Waals surface area (Å²) in [6.07, 6.45) is -4.45. The maximum Gasteiger partial charge on any atom is 0.416 e. The molecule has 0 aliphatic rings. The van der Waals surface area contributed by atoms with E-state index in [9.17, 15) is 18.0 Å².